The van der Waals surface area contributed by atoms with Crippen LogP contribution in [0, 0.1) is 0 Å². The van der Waals surface area contributed by atoms with Gasteiger partial charge in [0.15, 0.2) is 0 Å². The summed E-state index contributed by atoms with van der Waals surface area (Å²) in [5.41, 5.74) is 0.704. The molecule has 5 nitrogen and oxygen atoms in total. The lowest BCUT2D eigenvalue weighted by Crippen LogP contribution is -2.53. The fourth-order valence-corrected chi connectivity index (χ4v) is 5.44. The zero-order valence-corrected chi connectivity index (χ0v) is 17.2. The van der Waals surface area contributed by atoms with Crippen molar-refractivity contribution in [1.82, 2.24) is 9.80 Å². The minimum Gasteiger partial charge on any atom is -0.497 e. The normalized spacial score (nSPS) is 18.7. The Bertz CT molecular complexity index is 654. The Balaban J connectivity index is 1.62. The molecule has 1 aromatic rings. The van der Waals surface area contributed by atoms with Gasteiger partial charge in [0.1, 0.15) is 5.75 Å². The Morgan fingerprint density at radius 3 is 2.44 bits per heavy atom. The van der Waals surface area contributed by atoms with Crippen LogP contribution in [0.25, 0.3) is 0 Å². The maximum Gasteiger partial charge on any atom is 0.255 e. The van der Waals surface area contributed by atoms with Gasteiger partial charge >= 0.3 is 0 Å². The molecule has 3 rings (SSSR count). The Morgan fingerprint density at radius 2 is 1.81 bits per heavy atom. The molecule has 0 N–H and O–H groups in total. The van der Waals surface area contributed by atoms with Crippen LogP contribution in [0.3, 0.4) is 0 Å². The van der Waals surface area contributed by atoms with Crippen LogP contribution in [-0.4, -0.2) is 59.0 Å². The van der Waals surface area contributed by atoms with E-state index in [9.17, 15) is 9.59 Å². The van der Waals surface area contributed by atoms with Crippen LogP contribution in [0.1, 0.15) is 55.8 Å². The largest absolute Gasteiger partial charge is 0.497 e. The molecule has 2 heterocycles. The minimum absolute atomic E-state index is 0.0883. The number of thioether (sulfide) groups is 1. The van der Waals surface area contributed by atoms with E-state index in [1.165, 1.54) is 0 Å². The lowest BCUT2D eigenvalue weighted by molar-refractivity contribution is -0.132. The molecule has 1 aromatic carbocycles. The van der Waals surface area contributed by atoms with Crippen molar-refractivity contribution in [2.45, 2.75) is 50.3 Å². The van der Waals surface area contributed by atoms with E-state index < -0.39 is 0 Å². The molecule has 2 aliphatic rings. The van der Waals surface area contributed by atoms with Gasteiger partial charge in [0.2, 0.25) is 5.91 Å². The summed E-state index contributed by atoms with van der Waals surface area (Å²) in [7, 11) is 1.63. The summed E-state index contributed by atoms with van der Waals surface area (Å²) < 4.78 is 5.19. The molecule has 148 valence electrons. The number of hydrogen-bond donors (Lipinski definition) is 0. The maximum atomic E-state index is 13.1. The quantitative estimate of drug-likeness (QED) is 0.694. The number of likely N-dealkylation sites (tertiary alicyclic amines) is 1. The van der Waals surface area contributed by atoms with E-state index in [2.05, 4.69) is 6.92 Å². The highest BCUT2D eigenvalue weighted by Gasteiger charge is 2.46. The first-order valence-electron chi connectivity index (χ1n) is 9.97. The molecule has 27 heavy (non-hydrogen) atoms. The van der Waals surface area contributed by atoms with Crippen molar-refractivity contribution in [3.63, 3.8) is 0 Å². The van der Waals surface area contributed by atoms with E-state index in [0.717, 1.165) is 63.2 Å². The lowest BCUT2D eigenvalue weighted by atomic mass is 10.00. The first-order chi connectivity index (χ1) is 13.1. The smallest absolute Gasteiger partial charge is 0.255 e. The van der Waals surface area contributed by atoms with Gasteiger partial charge < -0.3 is 14.5 Å². The topological polar surface area (TPSA) is 49.9 Å². The Hall–Kier alpha value is -1.69. The number of ether oxygens (including phenoxy) is 1. The maximum absolute atomic E-state index is 13.1. The summed E-state index contributed by atoms with van der Waals surface area (Å²) >= 11 is 1.88. The number of methoxy groups -OCH3 is 1. The molecular weight excluding hydrogens is 360 g/mol. The van der Waals surface area contributed by atoms with E-state index in [4.69, 9.17) is 4.74 Å². The standard InChI is InChI=1S/C21H30N2O3S/c1-3-4-5-6-19(24)22-13-11-21(12-14-22)23(15-16-27-21)20(25)17-7-9-18(26-2)10-8-17/h7-10H,3-6,11-16H2,1-2H3. The van der Waals surface area contributed by atoms with Crippen LogP contribution in [0.15, 0.2) is 24.3 Å². The van der Waals surface area contributed by atoms with Crippen molar-refractivity contribution in [3.05, 3.63) is 29.8 Å². The van der Waals surface area contributed by atoms with Gasteiger partial charge in [0.25, 0.3) is 5.91 Å². The molecule has 2 fully saturated rings. The minimum atomic E-state index is -0.156. The van der Waals surface area contributed by atoms with E-state index in [-0.39, 0.29) is 16.7 Å². The summed E-state index contributed by atoms with van der Waals surface area (Å²) in [4.78, 5) is 29.4. The highest BCUT2D eigenvalue weighted by molar-refractivity contribution is 8.00. The van der Waals surface area contributed by atoms with Gasteiger partial charge in [-0.1, -0.05) is 19.8 Å². The highest BCUT2D eigenvalue weighted by Crippen LogP contribution is 2.44. The third-order valence-electron chi connectivity index (χ3n) is 5.65. The Labute approximate surface area is 166 Å². The monoisotopic (exact) mass is 390 g/mol. The molecule has 0 atom stereocenters. The summed E-state index contributed by atoms with van der Waals surface area (Å²) in [5.74, 6) is 2.08. The molecular formula is C21H30N2O3S. The van der Waals surface area contributed by atoms with Crippen LogP contribution >= 0.6 is 11.8 Å². The molecule has 2 aliphatic heterocycles. The van der Waals surface area contributed by atoms with Gasteiger partial charge in [0.05, 0.1) is 12.0 Å². The van der Waals surface area contributed by atoms with E-state index in [1.54, 1.807) is 7.11 Å². The average molecular weight is 391 g/mol. The molecule has 6 heteroatoms. The molecule has 0 bridgehead atoms. The van der Waals surface area contributed by atoms with Crippen molar-refractivity contribution in [2.24, 2.45) is 0 Å². The van der Waals surface area contributed by atoms with Crippen LogP contribution in [0.4, 0.5) is 0 Å². The fraction of sp³-hybridized carbons (Fsp3) is 0.619. The second-order valence-electron chi connectivity index (χ2n) is 7.32. The second-order valence-corrected chi connectivity index (χ2v) is 8.77. The number of amides is 2. The predicted molar refractivity (Wildman–Crippen MR) is 109 cm³/mol. The van der Waals surface area contributed by atoms with E-state index in [1.807, 2.05) is 45.8 Å². The molecule has 0 radical (unpaired) electrons. The number of rotatable bonds is 6. The van der Waals surface area contributed by atoms with E-state index in [0.29, 0.717) is 12.0 Å². The van der Waals surface area contributed by atoms with Crippen molar-refractivity contribution >= 4 is 23.6 Å². The molecule has 2 saturated heterocycles. The summed E-state index contributed by atoms with van der Waals surface area (Å²) in [6.45, 7) is 4.44. The van der Waals surface area contributed by atoms with Crippen molar-refractivity contribution in [3.8, 4) is 5.75 Å². The summed E-state index contributed by atoms with van der Waals surface area (Å²) in [5, 5.41) is 0. The van der Waals surface area contributed by atoms with Crippen molar-refractivity contribution < 1.29 is 14.3 Å². The van der Waals surface area contributed by atoms with Gasteiger partial charge in [-0.15, -0.1) is 11.8 Å². The van der Waals surface area contributed by atoms with Crippen LogP contribution in [0.2, 0.25) is 0 Å². The third-order valence-corrected chi connectivity index (χ3v) is 7.20. The van der Waals surface area contributed by atoms with Gasteiger partial charge in [-0.05, 0) is 43.5 Å². The van der Waals surface area contributed by atoms with Crippen molar-refractivity contribution in [1.29, 1.82) is 0 Å². The Morgan fingerprint density at radius 1 is 1.11 bits per heavy atom. The number of carbonyl (C=O) groups is 2. The average Bonchev–Trinajstić information content (AvgIpc) is 3.11. The predicted octanol–water partition coefficient (Wildman–Crippen LogP) is 3.78. The van der Waals surface area contributed by atoms with Gasteiger partial charge in [0, 0.05) is 37.4 Å². The first kappa shape index (κ1) is 20.1. The Kier molecular flexibility index (Phi) is 6.68. The van der Waals surface area contributed by atoms with Crippen molar-refractivity contribution in [2.75, 3.05) is 32.5 Å². The molecule has 1 spiro atoms. The van der Waals surface area contributed by atoms with Crippen LogP contribution < -0.4 is 4.74 Å². The SMILES string of the molecule is CCCCCC(=O)N1CCC2(CC1)SCCN2C(=O)c1ccc(OC)cc1. The van der Waals surface area contributed by atoms with Crippen LogP contribution in [-0.2, 0) is 4.79 Å². The summed E-state index contributed by atoms with van der Waals surface area (Å²) in [6.07, 6.45) is 5.60. The number of carbonyl (C=O) groups excluding carboxylic acids is 2. The number of nitrogens with zero attached hydrogens (tertiary/aromatic N) is 2. The van der Waals surface area contributed by atoms with E-state index >= 15 is 0 Å². The van der Waals surface area contributed by atoms with Gasteiger partial charge in [-0.3, -0.25) is 9.59 Å². The lowest BCUT2D eigenvalue weighted by Gasteiger charge is -2.44. The second kappa shape index (κ2) is 9.00. The molecule has 0 saturated carbocycles. The molecule has 0 aliphatic carbocycles. The number of benzene rings is 1. The van der Waals surface area contributed by atoms with Crippen LogP contribution in [0.5, 0.6) is 5.75 Å². The fourth-order valence-electron chi connectivity index (χ4n) is 3.99. The third kappa shape index (κ3) is 4.42. The zero-order valence-electron chi connectivity index (χ0n) is 16.4. The number of piperidine rings is 1. The summed E-state index contributed by atoms with van der Waals surface area (Å²) in [6, 6.07) is 7.34. The first-order valence-corrected chi connectivity index (χ1v) is 11.0. The molecule has 2 amide bonds. The molecule has 0 aromatic heterocycles. The highest BCUT2D eigenvalue weighted by atomic mass is 32.2. The zero-order chi connectivity index (χ0) is 19.3. The number of unbranched alkanes of at least 4 members (excludes halogenated alkanes) is 2. The molecule has 0 unspecified atom stereocenters. The van der Waals surface area contributed by atoms with Gasteiger partial charge in [-0.2, -0.15) is 0 Å². The number of hydrogen-bond acceptors (Lipinski definition) is 4. The van der Waals surface area contributed by atoms with Gasteiger partial charge in [-0.25, -0.2) is 0 Å².